The van der Waals surface area contributed by atoms with Gasteiger partial charge in [-0.25, -0.2) is 9.97 Å². The van der Waals surface area contributed by atoms with Crippen LogP contribution in [-0.2, 0) is 0 Å². The van der Waals surface area contributed by atoms with Gasteiger partial charge in [0.1, 0.15) is 0 Å². The van der Waals surface area contributed by atoms with Crippen LogP contribution in [0.1, 0.15) is 5.69 Å². The van der Waals surface area contributed by atoms with E-state index in [2.05, 4.69) is 9.97 Å². The molecule has 19 heavy (non-hydrogen) atoms. The Kier molecular flexibility index (Phi) is 4.11. The molecule has 0 amide bonds. The molecule has 2 N–H and O–H groups in total. The number of nitrogens with two attached hydrogens (primary N) is 1. The van der Waals surface area contributed by atoms with Gasteiger partial charge in [0.25, 0.3) is 0 Å². The third-order valence-electron chi connectivity index (χ3n) is 2.49. The van der Waals surface area contributed by atoms with Crippen LogP contribution in [0.3, 0.4) is 0 Å². The van der Waals surface area contributed by atoms with Crippen LogP contribution in [0.25, 0.3) is 0 Å². The molecule has 0 unspecified atom stereocenters. The van der Waals surface area contributed by atoms with Crippen molar-refractivity contribution in [3.8, 4) is 11.5 Å². The molecule has 2 aromatic rings. The summed E-state index contributed by atoms with van der Waals surface area (Å²) >= 11 is 1.39. The van der Waals surface area contributed by atoms with Gasteiger partial charge in [-0.1, -0.05) is 0 Å². The molecule has 1 aromatic heterocycles. The van der Waals surface area contributed by atoms with E-state index in [0.717, 1.165) is 10.6 Å². The van der Waals surface area contributed by atoms with Gasteiger partial charge >= 0.3 is 0 Å². The molecule has 6 heteroatoms. The molecule has 0 aliphatic rings. The third-order valence-corrected chi connectivity index (χ3v) is 3.44. The fourth-order valence-corrected chi connectivity index (χ4v) is 2.38. The maximum Gasteiger partial charge on any atom is 0.192 e. The van der Waals surface area contributed by atoms with E-state index in [9.17, 15) is 0 Å². The molecule has 1 heterocycles. The first-order valence-corrected chi connectivity index (χ1v) is 6.44. The molecule has 0 aliphatic carbocycles. The van der Waals surface area contributed by atoms with Crippen LogP contribution in [0.15, 0.2) is 34.4 Å². The van der Waals surface area contributed by atoms with E-state index in [4.69, 9.17) is 15.2 Å². The van der Waals surface area contributed by atoms with Crippen LogP contribution in [0.2, 0.25) is 0 Å². The molecule has 5 nitrogen and oxygen atoms in total. The zero-order valence-corrected chi connectivity index (χ0v) is 11.8. The molecule has 0 fully saturated rings. The van der Waals surface area contributed by atoms with E-state index in [0.29, 0.717) is 22.3 Å². The SMILES string of the molecule is COc1cc(N)c(Sc2nccc(C)n2)cc1OC. The average Bonchev–Trinajstić information content (AvgIpc) is 2.40. The highest BCUT2D eigenvalue weighted by molar-refractivity contribution is 7.99. The zero-order valence-electron chi connectivity index (χ0n) is 11.0. The number of nitrogens with zero attached hydrogens (tertiary/aromatic N) is 2. The maximum atomic E-state index is 5.99. The molecule has 0 radical (unpaired) electrons. The Morgan fingerprint density at radius 2 is 1.84 bits per heavy atom. The Morgan fingerprint density at radius 3 is 2.47 bits per heavy atom. The largest absolute Gasteiger partial charge is 0.493 e. The number of aromatic nitrogens is 2. The number of hydrogen-bond donors (Lipinski definition) is 1. The molecular weight excluding hydrogens is 262 g/mol. The number of hydrogen-bond acceptors (Lipinski definition) is 6. The lowest BCUT2D eigenvalue weighted by Crippen LogP contribution is -1.96. The lowest BCUT2D eigenvalue weighted by Gasteiger charge is -2.11. The van der Waals surface area contributed by atoms with Crippen molar-refractivity contribution in [1.29, 1.82) is 0 Å². The molecular formula is C13H15N3O2S. The first kappa shape index (κ1) is 13.5. The lowest BCUT2D eigenvalue weighted by atomic mass is 10.3. The minimum atomic E-state index is 0.604. The standard InChI is InChI=1S/C13H15N3O2S/c1-8-4-5-15-13(16-8)19-12-7-11(18-3)10(17-2)6-9(12)14/h4-7H,14H2,1-3H3. The molecule has 0 saturated heterocycles. The number of methoxy groups -OCH3 is 2. The number of nitrogen functional groups attached to an aromatic ring is 1. The number of ether oxygens (including phenoxy) is 2. The fraction of sp³-hybridized carbons (Fsp3) is 0.231. The van der Waals surface area contributed by atoms with Crippen LogP contribution in [-0.4, -0.2) is 24.2 Å². The lowest BCUT2D eigenvalue weighted by molar-refractivity contribution is 0.354. The fourth-order valence-electron chi connectivity index (χ4n) is 1.54. The van der Waals surface area contributed by atoms with Crippen LogP contribution >= 0.6 is 11.8 Å². The molecule has 0 saturated carbocycles. The number of aryl methyl sites for hydroxylation is 1. The van der Waals surface area contributed by atoms with E-state index >= 15 is 0 Å². The second-order valence-corrected chi connectivity index (χ2v) is 4.84. The molecule has 2 rings (SSSR count). The van der Waals surface area contributed by atoms with Gasteiger partial charge < -0.3 is 15.2 Å². The highest BCUT2D eigenvalue weighted by Gasteiger charge is 2.11. The minimum absolute atomic E-state index is 0.604. The van der Waals surface area contributed by atoms with Crippen LogP contribution in [0.5, 0.6) is 11.5 Å². The molecule has 100 valence electrons. The number of anilines is 1. The quantitative estimate of drug-likeness (QED) is 0.684. The van der Waals surface area contributed by atoms with Gasteiger partial charge in [0.05, 0.1) is 14.2 Å². The van der Waals surface area contributed by atoms with Gasteiger partial charge in [0, 0.05) is 34.6 Å². The molecule has 0 atom stereocenters. The average molecular weight is 277 g/mol. The van der Waals surface area contributed by atoms with Gasteiger partial charge in [0.15, 0.2) is 16.7 Å². The summed E-state index contributed by atoms with van der Waals surface area (Å²) in [6.45, 7) is 1.92. The summed E-state index contributed by atoms with van der Waals surface area (Å²) in [5.74, 6) is 1.24. The smallest absolute Gasteiger partial charge is 0.192 e. The summed E-state index contributed by atoms with van der Waals surface area (Å²) in [5.41, 5.74) is 7.51. The van der Waals surface area contributed by atoms with Crippen molar-refractivity contribution >= 4 is 17.4 Å². The monoisotopic (exact) mass is 277 g/mol. The first-order valence-electron chi connectivity index (χ1n) is 5.63. The zero-order chi connectivity index (χ0) is 13.8. The van der Waals surface area contributed by atoms with Crippen LogP contribution in [0.4, 0.5) is 5.69 Å². The second kappa shape index (κ2) is 5.79. The van der Waals surface area contributed by atoms with Gasteiger partial charge in [-0.05, 0) is 24.8 Å². The third kappa shape index (κ3) is 3.08. The van der Waals surface area contributed by atoms with Gasteiger partial charge in [-0.15, -0.1) is 0 Å². The topological polar surface area (TPSA) is 70.3 Å². The van der Waals surface area contributed by atoms with Crippen LogP contribution < -0.4 is 15.2 Å². The Morgan fingerprint density at radius 1 is 1.16 bits per heavy atom. The summed E-state index contributed by atoms with van der Waals surface area (Å²) < 4.78 is 10.5. The highest BCUT2D eigenvalue weighted by Crippen LogP contribution is 2.38. The van der Waals surface area contributed by atoms with Crippen LogP contribution in [0, 0.1) is 6.92 Å². The first-order chi connectivity index (χ1) is 9.13. The Balaban J connectivity index is 2.35. The highest BCUT2D eigenvalue weighted by atomic mass is 32.2. The summed E-state index contributed by atoms with van der Waals surface area (Å²) in [5, 5.41) is 0.652. The van der Waals surface area contributed by atoms with E-state index < -0.39 is 0 Å². The van der Waals surface area contributed by atoms with Crippen molar-refractivity contribution in [2.75, 3.05) is 20.0 Å². The molecule has 0 bridgehead atoms. The van der Waals surface area contributed by atoms with Crippen molar-refractivity contribution in [2.45, 2.75) is 17.0 Å². The normalized spacial score (nSPS) is 10.3. The second-order valence-electron chi connectivity index (χ2n) is 3.83. The Labute approximate surface area is 116 Å². The maximum absolute atomic E-state index is 5.99. The molecule has 1 aromatic carbocycles. The molecule has 0 spiro atoms. The van der Waals surface area contributed by atoms with E-state index in [-0.39, 0.29) is 0 Å². The van der Waals surface area contributed by atoms with Crippen molar-refractivity contribution in [3.63, 3.8) is 0 Å². The summed E-state index contributed by atoms with van der Waals surface area (Å²) in [6.07, 6.45) is 1.72. The van der Waals surface area contributed by atoms with Crippen molar-refractivity contribution in [2.24, 2.45) is 0 Å². The Hall–Kier alpha value is -1.95. The van der Waals surface area contributed by atoms with E-state index in [1.807, 2.05) is 19.1 Å². The minimum Gasteiger partial charge on any atom is -0.493 e. The Bertz CT molecular complexity index is 590. The van der Waals surface area contributed by atoms with Gasteiger partial charge in [0.2, 0.25) is 0 Å². The summed E-state index contributed by atoms with van der Waals surface area (Å²) in [4.78, 5) is 9.37. The number of benzene rings is 1. The van der Waals surface area contributed by atoms with Gasteiger partial charge in [-0.3, -0.25) is 0 Å². The summed E-state index contributed by atoms with van der Waals surface area (Å²) in [7, 11) is 3.17. The predicted molar refractivity (Wildman–Crippen MR) is 74.9 cm³/mol. The van der Waals surface area contributed by atoms with Crippen molar-refractivity contribution in [1.82, 2.24) is 9.97 Å². The predicted octanol–water partition coefficient (Wildman–Crippen LogP) is 2.54. The molecule has 0 aliphatic heterocycles. The summed E-state index contributed by atoms with van der Waals surface area (Å²) in [6, 6.07) is 5.41. The van der Waals surface area contributed by atoms with Crippen molar-refractivity contribution < 1.29 is 9.47 Å². The van der Waals surface area contributed by atoms with Gasteiger partial charge in [-0.2, -0.15) is 0 Å². The van der Waals surface area contributed by atoms with Crippen molar-refractivity contribution in [3.05, 3.63) is 30.1 Å². The van der Waals surface area contributed by atoms with E-state index in [1.165, 1.54) is 11.8 Å². The number of rotatable bonds is 4. The van der Waals surface area contributed by atoms with E-state index in [1.54, 1.807) is 26.5 Å².